The molecule has 0 atom stereocenters. The number of hydrogen-bond acceptors (Lipinski definition) is 3. The number of rotatable bonds is 2. The minimum absolute atomic E-state index is 0.215. The molecule has 2 amide bonds. The SMILES string of the molecule is O=C(O)NC1CC(N2C(=O)C(F)(F)c3cc(F)cnc32)C1. The summed E-state index contributed by atoms with van der Waals surface area (Å²) in [6.07, 6.45) is -0.0112. The van der Waals surface area contributed by atoms with Gasteiger partial charge in [-0.15, -0.1) is 0 Å². The zero-order valence-corrected chi connectivity index (χ0v) is 10.5. The van der Waals surface area contributed by atoms with Crippen molar-refractivity contribution in [1.82, 2.24) is 10.3 Å². The van der Waals surface area contributed by atoms with E-state index in [1.807, 2.05) is 0 Å². The van der Waals surface area contributed by atoms with Gasteiger partial charge in [-0.05, 0) is 18.9 Å². The topological polar surface area (TPSA) is 82.5 Å². The second-order valence-electron chi connectivity index (χ2n) is 5.05. The van der Waals surface area contributed by atoms with Gasteiger partial charge in [0.25, 0.3) is 0 Å². The van der Waals surface area contributed by atoms with Crippen molar-refractivity contribution in [2.75, 3.05) is 4.90 Å². The van der Waals surface area contributed by atoms with E-state index in [0.29, 0.717) is 6.07 Å². The first-order chi connectivity index (χ1) is 9.80. The van der Waals surface area contributed by atoms with E-state index in [1.165, 1.54) is 0 Å². The molecule has 0 bridgehead atoms. The molecule has 1 fully saturated rings. The minimum atomic E-state index is -3.81. The monoisotopic (exact) mass is 301 g/mol. The number of carbonyl (C=O) groups excluding carboxylic acids is 1. The fourth-order valence-electron chi connectivity index (χ4n) is 2.65. The number of carbonyl (C=O) groups is 2. The van der Waals surface area contributed by atoms with E-state index >= 15 is 0 Å². The van der Waals surface area contributed by atoms with Crippen LogP contribution in [0.15, 0.2) is 12.3 Å². The molecule has 1 aromatic rings. The van der Waals surface area contributed by atoms with Crippen molar-refractivity contribution in [3.05, 3.63) is 23.6 Å². The van der Waals surface area contributed by atoms with E-state index in [1.54, 1.807) is 0 Å². The van der Waals surface area contributed by atoms with Crippen LogP contribution in [0.1, 0.15) is 18.4 Å². The number of amides is 2. The lowest BCUT2D eigenvalue weighted by Gasteiger charge is -2.40. The first-order valence-electron chi connectivity index (χ1n) is 6.17. The maximum Gasteiger partial charge on any atom is 0.404 e. The lowest BCUT2D eigenvalue weighted by Crippen LogP contribution is -2.55. The minimum Gasteiger partial charge on any atom is -0.465 e. The van der Waals surface area contributed by atoms with Gasteiger partial charge in [0.05, 0.1) is 11.8 Å². The van der Waals surface area contributed by atoms with Gasteiger partial charge in [-0.3, -0.25) is 9.69 Å². The highest BCUT2D eigenvalue weighted by Crippen LogP contribution is 2.46. The molecular weight excluding hydrogens is 291 g/mol. The van der Waals surface area contributed by atoms with Crippen LogP contribution in [0.4, 0.5) is 23.8 Å². The van der Waals surface area contributed by atoms with E-state index in [9.17, 15) is 22.8 Å². The number of carboxylic acid groups (broad SMARTS) is 1. The van der Waals surface area contributed by atoms with E-state index in [4.69, 9.17) is 5.11 Å². The first kappa shape index (κ1) is 13.7. The van der Waals surface area contributed by atoms with Crippen LogP contribution in [-0.4, -0.2) is 34.2 Å². The number of aromatic nitrogens is 1. The van der Waals surface area contributed by atoms with E-state index in [2.05, 4.69) is 10.3 Å². The van der Waals surface area contributed by atoms with Crippen molar-refractivity contribution in [3.63, 3.8) is 0 Å². The molecule has 2 N–H and O–H groups in total. The standard InChI is InChI=1S/C12H10F3N3O3/c13-5-1-8-9(16-4-5)18(10(19)12(8,14)15)7-2-6(3-7)17-11(20)21/h1,4,6-7,17H,2-3H2,(H,20,21). The molecule has 2 heterocycles. The van der Waals surface area contributed by atoms with Crippen molar-refractivity contribution in [1.29, 1.82) is 0 Å². The lowest BCUT2D eigenvalue weighted by atomic mass is 9.85. The molecule has 1 aromatic heterocycles. The van der Waals surface area contributed by atoms with Crippen molar-refractivity contribution < 1.29 is 27.9 Å². The Morgan fingerprint density at radius 1 is 1.48 bits per heavy atom. The molecule has 0 saturated heterocycles. The molecular formula is C12H10F3N3O3. The van der Waals surface area contributed by atoms with Gasteiger partial charge in [0, 0.05) is 12.1 Å². The number of halogens is 3. The van der Waals surface area contributed by atoms with Crippen molar-refractivity contribution in [2.45, 2.75) is 30.8 Å². The molecule has 1 saturated carbocycles. The molecule has 112 valence electrons. The summed E-state index contributed by atoms with van der Waals surface area (Å²) in [5, 5.41) is 10.8. The Kier molecular flexibility index (Phi) is 2.82. The highest BCUT2D eigenvalue weighted by Gasteiger charge is 2.57. The van der Waals surface area contributed by atoms with Crippen LogP contribution in [0.2, 0.25) is 0 Å². The summed E-state index contributed by atoms with van der Waals surface area (Å²) in [5.74, 6) is -6.46. The Hall–Kier alpha value is -2.32. The van der Waals surface area contributed by atoms with Gasteiger partial charge in [-0.1, -0.05) is 0 Å². The van der Waals surface area contributed by atoms with Crippen LogP contribution < -0.4 is 10.2 Å². The van der Waals surface area contributed by atoms with Crippen LogP contribution in [0.5, 0.6) is 0 Å². The predicted octanol–water partition coefficient (Wildman–Crippen LogP) is 1.46. The number of fused-ring (bicyclic) bond motifs is 1. The summed E-state index contributed by atoms with van der Waals surface area (Å²) in [6, 6.07) is -0.357. The van der Waals surface area contributed by atoms with Crippen LogP contribution >= 0.6 is 0 Å². The molecule has 1 aliphatic heterocycles. The molecule has 9 heteroatoms. The molecule has 0 aromatic carbocycles. The third-order valence-corrected chi connectivity index (χ3v) is 3.69. The number of nitrogens with zero attached hydrogens (tertiary/aromatic N) is 2. The number of pyridine rings is 1. The maximum atomic E-state index is 13.9. The quantitative estimate of drug-likeness (QED) is 0.866. The van der Waals surface area contributed by atoms with Gasteiger partial charge in [0.15, 0.2) is 0 Å². The van der Waals surface area contributed by atoms with Gasteiger partial charge < -0.3 is 10.4 Å². The normalized spacial score (nSPS) is 26.2. The summed E-state index contributed by atoms with van der Waals surface area (Å²) >= 11 is 0. The fraction of sp³-hybridized carbons (Fsp3) is 0.417. The molecule has 0 radical (unpaired) electrons. The summed E-state index contributed by atoms with van der Waals surface area (Å²) in [7, 11) is 0. The van der Waals surface area contributed by atoms with E-state index in [0.717, 1.165) is 11.1 Å². The molecule has 1 aliphatic carbocycles. The van der Waals surface area contributed by atoms with Crippen molar-refractivity contribution in [3.8, 4) is 0 Å². The van der Waals surface area contributed by atoms with Crippen LogP contribution in [0.25, 0.3) is 0 Å². The Labute approximate surface area is 116 Å². The Bertz CT molecular complexity index is 631. The van der Waals surface area contributed by atoms with Gasteiger partial charge in [-0.2, -0.15) is 8.78 Å². The molecule has 0 spiro atoms. The average molecular weight is 301 g/mol. The van der Waals surface area contributed by atoms with Crippen LogP contribution in [-0.2, 0) is 10.7 Å². The molecule has 0 unspecified atom stereocenters. The lowest BCUT2D eigenvalue weighted by molar-refractivity contribution is -0.142. The third kappa shape index (κ3) is 1.99. The van der Waals surface area contributed by atoms with Crippen molar-refractivity contribution in [2.24, 2.45) is 0 Å². The average Bonchev–Trinajstić information content (AvgIpc) is 2.53. The van der Waals surface area contributed by atoms with Crippen molar-refractivity contribution >= 4 is 17.8 Å². The summed E-state index contributed by atoms with van der Waals surface area (Å²) < 4.78 is 40.8. The number of alkyl halides is 2. The van der Waals surface area contributed by atoms with Gasteiger partial charge in [0.1, 0.15) is 11.6 Å². The Balaban J connectivity index is 1.86. The Morgan fingerprint density at radius 3 is 2.76 bits per heavy atom. The predicted molar refractivity (Wildman–Crippen MR) is 63.5 cm³/mol. The largest absolute Gasteiger partial charge is 0.465 e. The van der Waals surface area contributed by atoms with E-state index in [-0.39, 0.29) is 18.7 Å². The summed E-state index contributed by atoms with van der Waals surface area (Å²) in [4.78, 5) is 26.7. The second kappa shape index (κ2) is 4.34. The highest BCUT2D eigenvalue weighted by molar-refractivity contribution is 6.05. The first-order valence-corrected chi connectivity index (χ1v) is 6.17. The second-order valence-corrected chi connectivity index (χ2v) is 5.05. The molecule has 2 aliphatic rings. The van der Waals surface area contributed by atoms with Crippen LogP contribution in [0.3, 0.4) is 0 Å². The maximum absolute atomic E-state index is 13.9. The zero-order chi connectivity index (χ0) is 15.4. The van der Waals surface area contributed by atoms with Gasteiger partial charge >= 0.3 is 17.9 Å². The zero-order valence-electron chi connectivity index (χ0n) is 10.5. The molecule has 6 nitrogen and oxygen atoms in total. The van der Waals surface area contributed by atoms with Gasteiger partial charge in [0.2, 0.25) is 0 Å². The smallest absolute Gasteiger partial charge is 0.404 e. The number of hydrogen-bond donors (Lipinski definition) is 2. The summed E-state index contributed by atoms with van der Waals surface area (Å²) in [6.45, 7) is 0. The van der Waals surface area contributed by atoms with Crippen LogP contribution in [0, 0.1) is 5.82 Å². The third-order valence-electron chi connectivity index (χ3n) is 3.69. The number of anilines is 1. The molecule has 3 rings (SSSR count). The van der Waals surface area contributed by atoms with E-state index < -0.39 is 41.4 Å². The fourth-order valence-corrected chi connectivity index (χ4v) is 2.65. The number of nitrogens with one attached hydrogen (secondary N) is 1. The Morgan fingerprint density at radius 2 is 2.14 bits per heavy atom. The highest BCUT2D eigenvalue weighted by atomic mass is 19.3. The summed E-state index contributed by atoms with van der Waals surface area (Å²) in [5.41, 5.74) is -0.748. The van der Waals surface area contributed by atoms with Gasteiger partial charge in [-0.25, -0.2) is 14.2 Å². The molecule has 21 heavy (non-hydrogen) atoms.